The third-order valence-corrected chi connectivity index (χ3v) is 7.82. The maximum Gasteiger partial charge on any atom is 0.266 e. The molecule has 1 saturated heterocycles. The van der Waals surface area contributed by atoms with Crippen LogP contribution in [0, 0.1) is 0 Å². The highest BCUT2D eigenvalue weighted by Gasteiger charge is 2.31. The molecule has 1 aromatic rings. The van der Waals surface area contributed by atoms with E-state index < -0.39 is 0 Å². The Hall–Kier alpha value is -1.70. The maximum absolute atomic E-state index is 12.7. The number of fused-ring (bicyclic) bond motifs is 1. The molecule has 0 unspecified atom stereocenters. The number of anilines is 1. The van der Waals surface area contributed by atoms with E-state index in [4.69, 9.17) is 17.0 Å². The summed E-state index contributed by atoms with van der Waals surface area (Å²) in [5.41, 5.74) is 1.21. The Morgan fingerprint density at radius 2 is 1.84 bits per heavy atom. The average Bonchev–Trinajstić information content (AvgIpc) is 3.26. The molecule has 1 fully saturated rings. The lowest BCUT2D eigenvalue weighted by Crippen LogP contribution is -2.27. The molecule has 172 valence electrons. The van der Waals surface area contributed by atoms with E-state index in [-0.39, 0.29) is 5.91 Å². The van der Waals surface area contributed by atoms with Crippen LogP contribution in [0.4, 0.5) is 5.69 Å². The maximum atomic E-state index is 12.7. The molecular formula is C25H32N2O2S3. The van der Waals surface area contributed by atoms with Crippen molar-refractivity contribution < 1.29 is 9.53 Å². The first-order valence-electron chi connectivity index (χ1n) is 11.4. The van der Waals surface area contributed by atoms with Gasteiger partial charge in [0.15, 0.2) is 0 Å². The number of benzene rings is 1. The first-order chi connectivity index (χ1) is 15.6. The highest BCUT2D eigenvalue weighted by Crippen LogP contribution is 2.47. The van der Waals surface area contributed by atoms with Crippen LogP contribution in [0.3, 0.4) is 0 Å². The highest BCUT2D eigenvalue weighted by molar-refractivity contribution is 8.26. The molecule has 4 nitrogen and oxygen atoms in total. The summed E-state index contributed by atoms with van der Waals surface area (Å²) in [7, 11) is 0. The van der Waals surface area contributed by atoms with Gasteiger partial charge in [0.1, 0.15) is 10.1 Å². The largest absolute Gasteiger partial charge is 0.494 e. The lowest BCUT2D eigenvalue weighted by atomic mass is 10.1. The van der Waals surface area contributed by atoms with Crippen molar-refractivity contribution >= 4 is 51.7 Å². The summed E-state index contributed by atoms with van der Waals surface area (Å²) in [5.74, 6) is 0.850. The van der Waals surface area contributed by atoms with Gasteiger partial charge in [-0.25, -0.2) is 0 Å². The Kier molecular flexibility index (Phi) is 9.75. The van der Waals surface area contributed by atoms with Crippen LogP contribution in [0.25, 0.3) is 0 Å². The summed E-state index contributed by atoms with van der Waals surface area (Å²) in [6, 6.07) is 6.30. The van der Waals surface area contributed by atoms with Crippen LogP contribution in [0.1, 0.15) is 52.4 Å². The van der Waals surface area contributed by atoms with Crippen LogP contribution in [-0.4, -0.2) is 34.8 Å². The van der Waals surface area contributed by atoms with Crippen molar-refractivity contribution in [3.63, 3.8) is 0 Å². The van der Waals surface area contributed by atoms with E-state index in [0.29, 0.717) is 22.4 Å². The van der Waals surface area contributed by atoms with E-state index in [9.17, 15) is 4.79 Å². The second-order valence-corrected chi connectivity index (χ2v) is 10.4. The van der Waals surface area contributed by atoms with E-state index in [0.717, 1.165) is 23.7 Å². The standard InChI is InChI=1S/C25H32N2O2S3/c1-4-7-8-9-10-11-17-26-20-13-12-19(29-6-3)18-22(20)31-23(26)15-14-21-24(28)27(16-5-2)25(30)32-21/h5,12-15,18H,2,4,6-11,16-17H2,1,3H3/b21-14+,23-15-. The van der Waals surface area contributed by atoms with Gasteiger partial charge in [0.05, 0.1) is 22.2 Å². The number of hydrogen-bond acceptors (Lipinski definition) is 6. The second kappa shape index (κ2) is 12.5. The van der Waals surface area contributed by atoms with E-state index in [1.165, 1.54) is 54.4 Å². The molecule has 0 aliphatic carbocycles. The third-order valence-electron chi connectivity index (χ3n) is 5.31. The fraction of sp³-hybridized carbons (Fsp3) is 0.440. The Morgan fingerprint density at radius 1 is 1.06 bits per heavy atom. The summed E-state index contributed by atoms with van der Waals surface area (Å²) in [6.07, 6.45) is 13.2. The molecule has 1 aromatic carbocycles. The van der Waals surface area contributed by atoms with Crippen molar-refractivity contribution in [3.8, 4) is 5.75 Å². The number of allylic oxidation sites excluding steroid dienone is 2. The molecule has 2 aliphatic rings. The molecule has 3 rings (SSSR count). The first-order valence-corrected chi connectivity index (χ1v) is 13.4. The third kappa shape index (κ3) is 6.21. The molecule has 0 saturated carbocycles. The van der Waals surface area contributed by atoms with Crippen molar-refractivity contribution in [1.29, 1.82) is 0 Å². The van der Waals surface area contributed by atoms with Gasteiger partial charge in [-0.15, -0.1) is 6.58 Å². The lowest BCUT2D eigenvalue weighted by Gasteiger charge is -2.20. The minimum absolute atomic E-state index is 0.0432. The van der Waals surface area contributed by atoms with Gasteiger partial charge < -0.3 is 9.64 Å². The van der Waals surface area contributed by atoms with Crippen LogP contribution >= 0.6 is 35.7 Å². The summed E-state index contributed by atoms with van der Waals surface area (Å²) >= 11 is 8.45. The Morgan fingerprint density at radius 3 is 2.59 bits per heavy atom. The number of thioether (sulfide) groups is 2. The van der Waals surface area contributed by atoms with Crippen molar-refractivity contribution in [2.75, 3.05) is 24.6 Å². The van der Waals surface area contributed by atoms with Gasteiger partial charge in [-0.05, 0) is 43.7 Å². The van der Waals surface area contributed by atoms with Gasteiger partial charge in [-0.2, -0.15) is 0 Å². The van der Waals surface area contributed by atoms with E-state index in [1.54, 1.807) is 22.7 Å². The summed E-state index contributed by atoms with van der Waals surface area (Å²) in [5, 5.41) is 1.14. The molecular weight excluding hydrogens is 456 g/mol. The molecule has 1 amide bonds. The monoisotopic (exact) mass is 488 g/mol. The summed E-state index contributed by atoms with van der Waals surface area (Å²) in [4.78, 5) is 18.5. The predicted octanol–water partition coefficient (Wildman–Crippen LogP) is 7.13. The first kappa shape index (κ1) is 24.9. The average molecular weight is 489 g/mol. The molecule has 0 N–H and O–H groups in total. The molecule has 2 heterocycles. The smallest absolute Gasteiger partial charge is 0.266 e. The number of thiocarbonyl (C=S) groups is 1. The fourth-order valence-electron chi connectivity index (χ4n) is 3.69. The quantitative estimate of drug-likeness (QED) is 0.135. The zero-order chi connectivity index (χ0) is 22.9. The zero-order valence-corrected chi connectivity index (χ0v) is 21.4. The molecule has 0 spiro atoms. The number of ether oxygens (including phenoxy) is 1. The Bertz CT molecular complexity index is 910. The minimum Gasteiger partial charge on any atom is -0.494 e. The SMILES string of the molecule is C=CCN1C(=O)/C(=C\C=C2/Sc3cc(OCC)ccc3N2CCCCCCCC)SC1=S. The van der Waals surface area contributed by atoms with Gasteiger partial charge in [-0.1, -0.05) is 80.8 Å². The van der Waals surface area contributed by atoms with Crippen LogP contribution in [0.2, 0.25) is 0 Å². The van der Waals surface area contributed by atoms with Gasteiger partial charge in [0.25, 0.3) is 5.91 Å². The lowest BCUT2D eigenvalue weighted by molar-refractivity contribution is -0.121. The summed E-state index contributed by atoms with van der Waals surface area (Å²) < 4.78 is 6.29. The Balaban J connectivity index is 1.76. The number of carbonyl (C=O) groups is 1. The minimum atomic E-state index is -0.0432. The second-order valence-electron chi connectivity index (χ2n) is 7.69. The number of amides is 1. The normalized spacial score (nSPS) is 18.2. The van der Waals surface area contributed by atoms with Gasteiger partial charge in [-0.3, -0.25) is 9.69 Å². The van der Waals surface area contributed by atoms with Crippen molar-refractivity contribution in [1.82, 2.24) is 4.90 Å². The van der Waals surface area contributed by atoms with Crippen LogP contribution < -0.4 is 9.64 Å². The van der Waals surface area contributed by atoms with Gasteiger partial charge in [0.2, 0.25) is 0 Å². The number of rotatable bonds is 12. The molecule has 0 bridgehead atoms. The van der Waals surface area contributed by atoms with Crippen molar-refractivity contribution in [3.05, 3.63) is 52.9 Å². The Labute approximate surface area is 206 Å². The van der Waals surface area contributed by atoms with E-state index >= 15 is 0 Å². The number of hydrogen-bond donors (Lipinski definition) is 0. The molecule has 32 heavy (non-hydrogen) atoms. The molecule has 0 radical (unpaired) electrons. The molecule has 2 aliphatic heterocycles. The van der Waals surface area contributed by atoms with E-state index in [1.807, 2.05) is 19.1 Å². The van der Waals surface area contributed by atoms with Gasteiger partial charge >= 0.3 is 0 Å². The van der Waals surface area contributed by atoms with Crippen LogP contribution in [0.5, 0.6) is 5.75 Å². The molecule has 0 aromatic heterocycles. The number of carbonyl (C=O) groups excluding carboxylic acids is 1. The predicted molar refractivity (Wildman–Crippen MR) is 142 cm³/mol. The fourth-order valence-corrected chi connectivity index (χ4v) is 6.03. The molecule has 0 atom stereocenters. The van der Waals surface area contributed by atoms with Crippen LogP contribution in [-0.2, 0) is 4.79 Å². The topological polar surface area (TPSA) is 32.8 Å². The summed E-state index contributed by atoms with van der Waals surface area (Å²) in [6.45, 7) is 10.0. The molecule has 7 heteroatoms. The van der Waals surface area contributed by atoms with Crippen molar-refractivity contribution in [2.45, 2.75) is 57.3 Å². The number of unbranched alkanes of at least 4 members (excludes halogenated alkanes) is 5. The van der Waals surface area contributed by atoms with E-state index in [2.05, 4.69) is 36.6 Å². The van der Waals surface area contributed by atoms with Gasteiger partial charge in [0, 0.05) is 18.0 Å². The highest BCUT2D eigenvalue weighted by atomic mass is 32.2. The zero-order valence-electron chi connectivity index (χ0n) is 19.0. The van der Waals surface area contributed by atoms with Crippen molar-refractivity contribution in [2.24, 2.45) is 0 Å². The number of nitrogens with zero attached hydrogens (tertiary/aromatic N) is 2. The van der Waals surface area contributed by atoms with Crippen LogP contribution in [0.15, 0.2) is 57.8 Å².